The Balaban J connectivity index is 1.79. The molecule has 2 N–H and O–H groups in total. The van der Waals surface area contributed by atoms with Gasteiger partial charge in [-0.05, 0) is 36.7 Å². The van der Waals surface area contributed by atoms with Crippen LogP contribution in [0.25, 0.3) is 0 Å². The van der Waals surface area contributed by atoms with E-state index in [9.17, 15) is 9.59 Å². The van der Waals surface area contributed by atoms with E-state index in [1.807, 2.05) is 30.3 Å². The van der Waals surface area contributed by atoms with Crippen LogP contribution < -0.4 is 15.4 Å². The molecule has 0 spiro atoms. The topological polar surface area (TPSA) is 76.7 Å². The molecule has 136 valence electrons. The molecule has 0 bridgehead atoms. The van der Waals surface area contributed by atoms with Gasteiger partial charge in [-0.25, -0.2) is 4.79 Å². The number of carbonyl (C=O) groups is 2. The summed E-state index contributed by atoms with van der Waals surface area (Å²) in [5, 5.41) is 6.07. The van der Waals surface area contributed by atoms with E-state index in [0.29, 0.717) is 30.2 Å². The number of methoxy groups -OCH3 is 1. The van der Waals surface area contributed by atoms with E-state index in [1.54, 1.807) is 18.2 Å². The molecule has 1 saturated heterocycles. The van der Waals surface area contributed by atoms with Crippen LogP contribution in [0.15, 0.2) is 48.5 Å². The fraction of sp³-hybridized carbons (Fsp3) is 0.300. The minimum Gasteiger partial charge on any atom is -0.487 e. The summed E-state index contributed by atoms with van der Waals surface area (Å²) >= 11 is 0. The summed E-state index contributed by atoms with van der Waals surface area (Å²) < 4.78 is 10.6. The third-order valence-corrected chi connectivity index (χ3v) is 4.33. The predicted molar refractivity (Wildman–Crippen MR) is 98.2 cm³/mol. The molecular weight excluding hydrogens is 332 g/mol. The molecule has 1 heterocycles. The summed E-state index contributed by atoms with van der Waals surface area (Å²) in [7, 11) is 1.32. The number of hydrogen-bond donors (Lipinski definition) is 2. The van der Waals surface area contributed by atoms with Crippen LogP contribution in [0.2, 0.25) is 0 Å². The van der Waals surface area contributed by atoms with Crippen LogP contribution in [-0.4, -0.2) is 32.1 Å². The molecule has 1 unspecified atom stereocenters. The molecule has 0 aromatic heterocycles. The summed E-state index contributed by atoms with van der Waals surface area (Å²) in [6, 6.07) is 14.6. The number of esters is 1. The Morgan fingerprint density at radius 3 is 2.69 bits per heavy atom. The van der Waals surface area contributed by atoms with Crippen LogP contribution in [0.1, 0.15) is 22.3 Å². The molecule has 6 nitrogen and oxygen atoms in total. The largest absolute Gasteiger partial charge is 0.487 e. The Morgan fingerprint density at radius 2 is 2.00 bits per heavy atom. The highest BCUT2D eigenvalue weighted by molar-refractivity contribution is 5.97. The maximum atomic E-state index is 12.5. The van der Waals surface area contributed by atoms with E-state index in [0.717, 1.165) is 18.5 Å². The second kappa shape index (κ2) is 8.49. The predicted octanol–water partition coefficient (Wildman–Crippen LogP) is 2.60. The van der Waals surface area contributed by atoms with Gasteiger partial charge in [-0.15, -0.1) is 0 Å². The van der Waals surface area contributed by atoms with Gasteiger partial charge in [0.2, 0.25) is 5.91 Å². The first-order valence-electron chi connectivity index (χ1n) is 8.58. The zero-order valence-electron chi connectivity index (χ0n) is 14.7. The maximum absolute atomic E-state index is 12.5. The van der Waals surface area contributed by atoms with Crippen molar-refractivity contribution >= 4 is 17.6 Å². The number of amides is 1. The average Bonchev–Trinajstić information content (AvgIpc) is 3.22. The number of hydrogen-bond acceptors (Lipinski definition) is 5. The molecule has 6 heteroatoms. The fourth-order valence-corrected chi connectivity index (χ4v) is 2.85. The summed E-state index contributed by atoms with van der Waals surface area (Å²) in [4.78, 5) is 24.3. The van der Waals surface area contributed by atoms with E-state index in [4.69, 9.17) is 9.47 Å². The number of nitrogens with one attached hydrogen (secondary N) is 2. The van der Waals surface area contributed by atoms with E-state index < -0.39 is 5.97 Å². The third-order valence-electron chi connectivity index (χ3n) is 4.33. The van der Waals surface area contributed by atoms with Gasteiger partial charge in [0.05, 0.1) is 24.3 Å². The molecular formula is C20H22N2O4. The standard InChI is InChI=1S/C20H22N2O4/c1-25-20(24)15-7-8-18(26-13-14-5-3-2-4-6-14)17(11-15)22-19(23)16-9-10-21-12-16/h2-8,11,16,21H,9-10,12-13H2,1H3,(H,22,23). The van der Waals surface area contributed by atoms with Crippen LogP contribution in [0.3, 0.4) is 0 Å². The molecule has 2 aromatic carbocycles. The van der Waals surface area contributed by atoms with Gasteiger partial charge in [0, 0.05) is 6.54 Å². The highest BCUT2D eigenvalue weighted by atomic mass is 16.5. The van der Waals surface area contributed by atoms with Gasteiger partial charge in [0.25, 0.3) is 0 Å². The van der Waals surface area contributed by atoms with Crippen LogP contribution in [-0.2, 0) is 16.1 Å². The Labute approximate surface area is 152 Å². The van der Waals surface area contributed by atoms with Gasteiger partial charge in [0.1, 0.15) is 12.4 Å². The Kier molecular flexibility index (Phi) is 5.86. The summed E-state index contributed by atoms with van der Waals surface area (Å²) in [6.07, 6.45) is 0.794. The molecule has 0 aliphatic carbocycles. The lowest BCUT2D eigenvalue weighted by Crippen LogP contribution is -2.25. The molecule has 1 atom stereocenters. The van der Waals surface area contributed by atoms with Crippen molar-refractivity contribution in [1.82, 2.24) is 5.32 Å². The highest BCUT2D eigenvalue weighted by Gasteiger charge is 2.23. The van der Waals surface area contributed by atoms with E-state index >= 15 is 0 Å². The van der Waals surface area contributed by atoms with E-state index in [-0.39, 0.29) is 11.8 Å². The van der Waals surface area contributed by atoms with Crippen molar-refractivity contribution in [3.05, 3.63) is 59.7 Å². The maximum Gasteiger partial charge on any atom is 0.337 e. The molecule has 3 rings (SSSR count). The van der Waals surface area contributed by atoms with Crippen molar-refractivity contribution in [2.45, 2.75) is 13.0 Å². The fourth-order valence-electron chi connectivity index (χ4n) is 2.85. The third kappa shape index (κ3) is 4.40. The minimum absolute atomic E-state index is 0.0819. The Bertz CT molecular complexity index is 771. The van der Waals surface area contributed by atoms with Crippen molar-refractivity contribution in [3.63, 3.8) is 0 Å². The monoisotopic (exact) mass is 354 g/mol. The Morgan fingerprint density at radius 1 is 1.19 bits per heavy atom. The molecule has 1 aliphatic heterocycles. The second-order valence-corrected chi connectivity index (χ2v) is 6.16. The summed E-state index contributed by atoms with van der Waals surface area (Å²) in [5.74, 6) is -0.112. The molecule has 1 aliphatic rings. The number of benzene rings is 2. The second-order valence-electron chi connectivity index (χ2n) is 6.16. The van der Waals surface area contributed by atoms with Crippen LogP contribution in [0.5, 0.6) is 5.75 Å². The lowest BCUT2D eigenvalue weighted by Gasteiger charge is -2.15. The Hall–Kier alpha value is -2.86. The van der Waals surface area contributed by atoms with Crippen molar-refractivity contribution in [1.29, 1.82) is 0 Å². The number of anilines is 1. The first kappa shape index (κ1) is 17.9. The average molecular weight is 354 g/mol. The first-order chi connectivity index (χ1) is 12.7. The van der Waals surface area contributed by atoms with Crippen molar-refractivity contribution in [3.8, 4) is 5.75 Å². The minimum atomic E-state index is -0.461. The number of carbonyl (C=O) groups excluding carboxylic acids is 2. The van der Waals surface area contributed by atoms with Gasteiger partial charge in [-0.3, -0.25) is 4.79 Å². The van der Waals surface area contributed by atoms with Crippen molar-refractivity contribution in [2.24, 2.45) is 5.92 Å². The van der Waals surface area contributed by atoms with E-state index in [2.05, 4.69) is 10.6 Å². The van der Waals surface area contributed by atoms with Crippen LogP contribution in [0.4, 0.5) is 5.69 Å². The van der Waals surface area contributed by atoms with Gasteiger partial charge in [-0.1, -0.05) is 30.3 Å². The van der Waals surface area contributed by atoms with Crippen LogP contribution >= 0.6 is 0 Å². The van der Waals surface area contributed by atoms with E-state index in [1.165, 1.54) is 7.11 Å². The van der Waals surface area contributed by atoms with Gasteiger partial charge in [0.15, 0.2) is 0 Å². The molecule has 1 fully saturated rings. The molecule has 0 radical (unpaired) electrons. The summed E-state index contributed by atoms with van der Waals surface area (Å²) in [6.45, 7) is 1.85. The first-order valence-corrected chi connectivity index (χ1v) is 8.58. The SMILES string of the molecule is COC(=O)c1ccc(OCc2ccccc2)c(NC(=O)C2CCNC2)c1. The highest BCUT2D eigenvalue weighted by Crippen LogP contribution is 2.28. The normalized spacial score (nSPS) is 16.1. The number of ether oxygens (including phenoxy) is 2. The quantitative estimate of drug-likeness (QED) is 0.780. The smallest absolute Gasteiger partial charge is 0.337 e. The zero-order valence-corrected chi connectivity index (χ0v) is 14.7. The van der Waals surface area contributed by atoms with Crippen LogP contribution in [0, 0.1) is 5.92 Å². The van der Waals surface area contributed by atoms with Crippen molar-refractivity contribution < 1.29 is 19.1 Å². The molecule has 26 heavy (non-hydrogen) atoms. The lowest BCUT2D eigenvalue weighted by atomic mass is 10.1. The van der Waals surface area contributed by atoms with Gasteiger partial charge >= 0.3 is 5.97 Å². The lowest BCUT2D eigenvalue weighted by molar-refractivity contribution is -0.119. The molecule has 0 saturated carbocycles. The van der Waals surface area contributed by atoms with Gasteiger partial charge in [-0.2, -0.15) is 0 Å². The zero-order chi connectivity index (χ0) is 18.4. The summed E-state index contributed by atoms with van der Waals surface area (Å²) in [5.41, 5.74) is 1.85. The van der Waals surface area contributed by atoms with Gasteiger partial charge < -0.3 is 20.1 Å². The molecule has 1 amide bonds. The molecule has 2 aromatic rings. The number of rotatable bonds is 6. The van der Waals surface area contributed by atoms with Crippen molar-refractivity contribution in [2.75, 3.05) is 25.5 Å².